The van der Waals surface area contributed by atoms with E-state index in [0.29, 0.717) is 24.2 Å². The van der Waals surface area contributed by atoms with Gasteiger partial charge in [0.05, 0.1) is 25.4 Å². The smallest absolute Gasteiger partial charge is 0.303 e. The normalized spacial score (nSPS) is 51.1. The monoisotopic (exact) mass is 502 g/mol. The molecule has 1 N–H and O–H groups in total. The van der Waals surface area contributed by atoms with Crippen molar-refractivity contribution in [3.05, 3.63) is 11.6 Å². The van der Waals surface area contributed by atoms with Gasteiger partial charge in [0.15, 0.2) is 5.79 Å². The molecule has 0 bridgehead atoms. The van der Waals surface area contributed by atoms with Crippen LogP contribution in [0.15, 0.2) is 11.6 Å². The Bertz CT molecular complexity index is 947. The van der Waals surface area contributed by atoms with E-state index >= 15 is 0 Å². The summed E-state index contributed by atoms with van der Waals surface area (Å²) < 4.78 is 24.7. The van der Waals surface area contributed by atoms with Crippen LogP contribution in [-0.4, -0.2) is 54.5 Å². The van der Waals surface area contributed by atoms with E-state index in [2.05, 4.69) is 47.6 Å². The van der Waals surface area contributed by atoms with Crippen LogP contribution in [0.3, 0.4) is 0 Å². The fourth-order valence-corrected chi connectivity index (χ4v) is 9.58. The zero-order valence-electron chi connectivity index (χ0n) is 23.2. The van der Waals surface area contributed by atoms with E-state index in [-0.39, 0.29) is 52.4 Å². The predicted molar refractivity (Wildman–Crippen MR) is 135 cm³/mol. The molecular formula is C30H46O6. The summed E-state index contributed by atoms with van der Waals surface area (Å²) in [7, 11) is 0. The minimum Gasteiger partial charge on any atom is -0.459 e. The second-order valence-electron chi connectivity index (χ2n) is 14.4. The second kappa shape index (κ2) is 8.03. The van der Waals surface area contributed by atoms with Gasteiger partial charge in [0.25, 0.3) is 0 Å². The SMILES string of the molecule is CC(=O)O[C@@H]1CC2=C[C@@H](O)[C@H]3[C@@H]4CC[C@H](C(C)C5(C)OCC(C)(C)CO5)[C@@]4(C)CC[C@@H]3[C@@]2(C)[C@H]2O[C@@H]12. The molecule has 2 heterocycles. The number of aliphatic hydroxyl groups excluding tert-OH is 1. The van der Waals surface area contributed by atoms with E-state index in [4.69, 9.17) is 18.9 Å². The van der Waals surface area contributed by atoms with Crippen LogP contribution in [-0.2, 0) is 23.7 Å². The number of hydrogen-bond acceptors (Lipinski definition) is 6. The Morgan fingerprint density at radius 3 is 2.44 bits per heavy atom. The molecule has 5 fully saturated rings. The standard InChI is InChI=1S/C30H46O6/c1-16(30(7)33-14-27(3,4)15-34-30)19-8-9-20-24-21(10-11-28(19,20)5)29(6)18(12-22(24)32)13-23(35-17(2)31)25-26(29)36-25/h12,16,19-26,32H,8-11,13-15H2,1-7H3/t16?,19-,20+,21+,22-,23-,24+,25+,26+,28-,29+/m1/s1. The van der Waals surface area contributed by atoms with Gasteiger partial charge in [-0.3, -0.25) is 4.79 Å². The number of rotatable bonds is 3. The fourth-order valence-electron chi connectivity index (χ4n) is 9.58. The molecule has 202 valence electrons. The van der Waals surface area contributed by atoms with Gasteiger partial charge in [-0.05, 0) is 61.7 Å². The van der Waals surface area contributed by atoms with Gasteiger partial charge < -0.3 is 24.1 Å². The lowest BCUT2D eigenvalue weighted by Gasteiger charge is -2.59. The molecule has 6 heteroatoms. The average molecular weight is 503 g/mol. The Kier molecular flexibility index (Phi) is 5.65. The zero-order valence-corrected chi connectivity index (χ0v) is 23.2. The van der Waals surface area contributed by atoms with Crippen LogP contribution in [0.2, 0.25) is 0 Å². The number of hydrogen-bond donors (Lipinski definition) is 1. The van der Waals surface area contributed by atoms with E-state index in [1.807, 2.05) is 0 Å². The molecule has 0 amide bonds. The van der Waals surface area contributed by atoms with Gasteiger partial charge in [0.2, 0.25) is 0 Å². The van der Waals surface area contributed by atoms with E-state index in [0.717, 1.165) is 38.9 Å². The van der Waals surface area contributed by atoms with Crippen LogP contribution in [0.4, 0.5) is 0 Å². The van der Waals surface area contributed by atoms with Crippen LogP contribution < -0.4 is 0 Å². The number of epoxide rings is 1. The fraction of sp³-hybridized carbons (Fsp3) is 0.900. The summed E-state index contributed by atoms with van der Waals surface area (Å²) >= 11 is 0. The first kappa shape index (κ1) is 25.3. The predicted octanol–water partition coefficient (Wildman–Crippen LogP) is 4.88. The van der Waals surface area contributed by atoms with Crippen molar-refractivity contribution in [2.24, 2.45) is 45.8 Å². The number of carbonyl (C=O) groups excluding carboxylic acids is 1. The lowest BCUT2D eigenvalue weighted by molar-refractivity contribution is -0.321. The molecule has 3 saturated carbocycles. The largest absolute Gasteiger partial charge is 0.459 e. The molecule has 11 atom stereocenters. The molecule has 6 rings (SSSR count). The average Bonchev–Trinajstić information content (AvgIpc) is 3.54. The number of ether oxygens (including phenoxy) is 4. The molecule has 6 aliphatic rings. The highest BCUT2D eigenvalue weighted by atomic mass is 16.7. The quantitative estimate of drug-likeness (QED) is 0.337. The van der Waals surface area contributed by atoms with Gasteiger partial charge in [-0.2, -0.15) is 0 Å². The van der Waals surface area contributed by atoms with Crippen molar-refractivity contribution < 1.29 is 28.8 Å². The molecule has 4 aliphatic carbocycles. The highest BCUT2D eigenvalue weighted by Gasteiger charge is 2.70. The maximum atomic E-state index is 11.7. The third kappa shape index (κ3) is 3.53. The van der Waals surface area contributed by atoms with Crippen LogP contribution in [0, 0.1) is 45.8 Å². The molecular weight excluding hydrogens is 456 g/mol. The summed E-state index contributed by atoms with van der Waals surface area (Å²) in [5, 5.41) is 11.6. The van der Waals surface area contributed by atoms with Crippen LogP contribution in [0.5, 0.6) is 0 Å². The maximum absolute atomic E-state index is 11.7. The number of carbonyl (C=O) groups is 1. The number of esters is 1. The Hall–Kier alpha value is -0.950. The van der Waals surface area contributed by atoms with E-state index in [1.165, 1.54) is 12.5 Å². The van der Waals surface area contributed by atoms with Gasteiger partial charge in [-0.25, -0.2) is 0 Å². The first-order chi connectivity index (χ1) is 16.8. The summed E-state index contributed by atoms with van der Waals surface area (Å²) in [6.45, 7) is 16.7. The first-order valence-corrected chi connectivity index (χ1v) is 14.3. The van der Waals surface area contributed by atoms with Gasteiger partial charge in [0.1, 0.15) is 12.2 Å². The summed E-state index contributed by atoms with van der Waals surface area (Å²) in [5.41, 5.74) is 1.38. The Balaban J connectivity index is 1.26. The molecule has 1 unspecified atom stereocenters. The molecule has 0 aromatic carbocycles. The Labute approximate surface area is 216 Å². The summed E-state index contributed by atoms with van der Waals surface area (Å²) in [6, 6.07) is 0. The van der Waals surface area contributed by atoms with Gasteiger partial charge >= 0.3 is 5.97 Å². The van der Waals surface area contributed by atoms with E-state index in [9.17, 15) is 9.90 Å². The van der Waals surface area contributed by atoms with Crippen LogP contribution in [0.25, 0.3) is 0 Å². The highest BCUT2D eigenvalue weighted by molar-refractivity contribution is 5.66. The molecule has 2 aliphatic heterocycles. The molecule has 6 nitrogen and oxygen atoms in total. The molecule has 0 aromatic heterocycles. The molecule has 36 heavy (non-hydrogen) atoms. The molecule has 0 radical (unpaired) electrons. The van der Waals surface area contributed by atoms with Gasteiger partial charge in [-0.15, -0.1) is 0 Å². The number of fused-ring (bicyclic) bond motifs is 7. The Morgan fingerprint density at radius 1 is 1.08 bits per heavy atom. The van der Waals surface area contributed by atoms with Crippen molar-refractivity contribution in [1.82, 2.24) is 0 Å². The highest BCUT2D eigenvalue weighted by Crippen LogP contribution is 2.70. The number of aliphatic hydroxyl groups is 1. The van der Waals surface area contributed by atoms with Crippen molar-refractivity contribution in [2.45, 2.75) is 111 Å². The second-order valence-corrected chi connectivity index (χ2v) is 14.4. The van der Waals surface area contributed by atoms with Gasteiger partial charge in [-0.1, -0.05) is 46.3 Å². The van der Waals surface area contributed by atoms with Crippen molar-refractivity contribution in [3.63, 3.8) is 0 Å². The zero-order chi connectivity index (χ0) is 25.8. The summed E-state index contributed by atoms with van der Waals surface area (Å²) in [5.74, 6) is 1.10. The summed E-state index contributed by atoms with van der Waals surface area (Å²) in [6.07, 6.45) is 6.79. The van der Waals surface area contributed by atoms with E-state index < -0.39 is 11.9 Å². The molecule has 2 saturated heterocycles. The van der Waals surface area contributed by atoms with Crippen molar-refractivity contribution >= 4 is 5.97 Å². The first-order valence-electron chi connectivity index (χ1n) is 14.3. The van der Waals surface area contributed by atoms with E-state index in [1.54, 1.807) is 0 Å². The minimum absolute atomic E-state index is 0.00130. The molecule has 0 spiro atoms. The van der Waals surface area contributed by atoms with Gasteiger partial charge in [0, 0.05) is 30.1 Å². The lowest BCUT2D eigenvalue weighted by Crippen LogP contribution is -2.58. The minimum atomic E-state index is -0.552. The third-order valence-electron chi connectivity index (χ3n) is 11.8. The lowest BCUT2D eigenvalue weighted by atomic mass is 9.46. The van der Waals surface area contributed by atoms with Crippen LogP contribution >= 0.6 is 0 Å². The van der Waals surface area contributed by atoms with Crippen molar-refractivity contribution in [1.29, 1.82) is 0 Å². The Morgan fingerprint density at radius 2 is 1.78 bits per heavy atom. The topological polar surface area (TPSA) is 77.5 Å². The van der Waals surface area contributed by atoms with Crippen molar-refractivity contribution in [2.75, 3.05) is 13.2 Å². The van der Waals surface area contributed by atoms with Crippen LogP contribution in [0.1, 0.15) is 80.6 Å². The maximum Gasteiger partial charge on any atom is 0.303 e. The molecule has 0 aromatic rings. The van der Waals surface area contributed by atoms with Crippen molar-refractivity contribution in [3.8, 4) is 0 Å². The summed E-state index contributed by atoms with van der Waals surface area (Å²) in [4.78, 5) is 11.7. The third-order valence-corrected chi connectivity index (χ3v) is 11.8.